The maximum Gasteiger partial charge on any atom is 0.333 e. The summed E-state index contributed by atoms with van der Waals surface area (Å²) in [7, 11) is 0. The fraction of sp³-hybridized carbons (Fsp3) is 0.923. The molecule has 1 fully saturated rings. The average Bonchev–Trinajstić information content (AvgIpc) is 3.06. The number of rotatable bonds is 9. The van der Waals surface area contributed by atoms with Crippen molar-refractivity contribution >= 4 is 5.97 Å². The van der Waals surface area contributed by atoms with E-state index < -0.39 is 12.1 Å². The fourth-order valence-corrected chi connectivity index (χ4v) is 1.95. The first kappa shape index (κ1) is 13.5. The lowest BCUT2D eigenvalue weighted by atomic mass is 10.0. The maximum atomic E-state index is 11.0. The van der Waals surface area contributed by atoms with Crippen molar-refractivity contribution in [3.05, 3.63) is 0 Å². The lowest BCUT2D eigenvalue weighted by molar-refractivity contribution is -0.152. The number of unbranched alkanes of at least 4 members (excludes halogenated alkanes) is 1. The summed E-state index contributed by atoms with van der Waals surface area (Å²) in [5.41, 5.74) is 0. The third-order valence-corrected chi connectivity index (χ3v) is 3.35. The number of carbonyl (C=O) groups is 1. The molecule has 0 aromatic rings. The van der Waals surface area contributed by atoms with Crippen LogP contribution in [0.15, 0.2) is 0 Å². The fourth-order valence-electron chi connectivity index (χ4n) is 1.95. The zero-order valence-electron chi connectivity index (χ0n) is 10.4. The Labute approximate surface area is 98.2 Å². The Bertz CT molecular complexity index is 211. The molecule has 0 radical (unpaired) electrons. The van der Waals surface area contributed by atoms with Crippen molar-refractivity contribution in [2.75, 3.05) is 6.61 Å². The Morgan fingerprint density at radius 2 is 2.12 bits per heavy atom. The van der Waals surface area contributed by atoms with Crippen LogP contribution in [0.25, 0.3) is 0 Å². The van der Waals surface area contributed by atoms with E-state index in [0.29, 0.717) is 12.5 Å². The number of carboxylic acids is 1. The molecule has 0 aromatic carbocycles. The topological polar surface area (TPSA) is 46.5 Å². The molecule has 0 amide bonds. The smallest absolute Gasteiger partial charge is 0.333 e. The van der Waals surface area contributed by atoms with Gasteiger partial charge in [-0.15, -0.1) is 0 Å². The molecular weight excluding hydrogens is 204 g/mol. The van der Waals surface area contributed by atoms with Crippen LogP contribution in [0.1, 0.15) is 52.4 Å². The van der Waals surface area contributed by atoms with Crippen molar-refractivity contribution in [2.24, 2.45) is 11.8 Å². The van der Waals surface area contributed by atoms with Crippen LogP contribution in [0.3, 0.4) is 0 Å². The highest BCUT2D eigenvalue weighted by Crippen LogP contribution is 2.34. The summed E-state index contributed by atoms with van der Waals surface area (Å²) in [5, 5.41) is 9.02. The highest BCUT2D eigenvalue weighted by Gasteiger charge is 2.37. The summed E-state index contributed by atoms with van der Waals surface area (Å²) in [6, 6.07) is 0. The third kappa shape index (κ3) is 4.52. The SMILES string of the molecule is CCCCC(CC)COC(C(=O)O)C1CC1. The van der Waals surface area contributed by atoms with Crippen LogP contribution in [0.2, 0.25) is 0 Å². The molecule has 1 aliphatic rings. The molecule has 1 rings (SSSR count). The van der Waals surface area contributed by atoms with Crippen molar-refractivity contribution in [2.45, 2.75) is 58.5 Å². The van der Waals surface area contributed by atoms with Gasteiger partial charge in [0.05, 0.1) is 6.61 Å². The lowest BCUT2D eigenvalue weighted by Gasteiger charge is -2.18. The Kier molecular flexibility index (Phi) is 5.81. The predicted octanol–water partition coefficient (Wildman–Crippen LogP) is 3.08. The number of ether oxygens (including phenoxy) is 1. The van der Waals surface area contributed by atoms with Crippen LogP contribution in [-0.2, 0) is 9.53 Å². The van der Waals surface area contributed by atoms with Crippen LogP contribution in [0.4, 0.5) is 0 Å². The Balaban J connectivity index is 2.25. The van der Waals surface area contributed by atoms with Gasteiger partial charge in [-0.2, -0.15) is 0 Å². The molecule has 0 spiro atoms. The molecule has 0 heterocycles. The number of carboxylic acid groups (broad SMARTS) is 1. The van der Waals surface area contributed by atoms with Crippen molar-refractivity contribution < 1.29 is 14.6 Å². The molecule has 0 aliphatic heterocycles. The van der Waals surface area contributed by atoms with Crippen LogP contribution >= 0.6 is 0 Å². The number of hydrogen-bond acceptors (Lipinski definition) is 2. The van der Waals surface area contributed by atoms with Crippen molar-refractivity contribution in [3.8, 4) is 0 Å². The van der Waals surface area contributed by atoms with E-state index in [1.54, 1.807) is 0 Å². The second-order valence-corrected chi connectivity index (χ2v) is 4.85. The van der Waals surface area contributed by atoms with Gasteiger partial charge in [-0.1, -0.05) is 33.1 Å². The molecule has 0 aromatic heterocycles. The van der Waals surface area contributed by atoms with Gasteiger partial charge in [0.2, 0.25) is 0 Å². The van der Waals surface area contributed by atoms with E-state index >= 15 is 0 Å². The summed E-state index contributed by atoms with van der Waals surface area (Å²) < 4.78 is 5.58. The van der Waals surface area contributed by atoms with Gasteiger partial charge in [-0.3, -0.25) is 0 Å². The largest absolute Gasteiger partial charge is 0.479 e. The average molecular weight is 228 g/mol. The van der Waals surface area contributed by atoms with Gasteiger partial charge in [0.15, 0.2) is 6.10 Å². The van der Waals surface area contributed by atoms with E-state index in [1.165, 1.54) is 12.8 Å². The third-order valence-electron chi connectivity index (χ3n) is 3.35. The highest BCUT2D eigenvalue weighted by atomic mass is 16.5. The maximum absolute atomic E-state index is 11.0. The summed E-state index contributed by atoms with van der Waals surface area (Å²) in [6.07, 6.45) is 6.13. The van der Waals surface area contributed by atoms with E-state index in [4.69, 9.17) is 9.84 Å². The minimum absolute atomic E-state index is 0.279. The van der Waals surface area contributed by atoms with Crippen molar-refractivity contribution in [1.29, 1.82) is 0 Å². The lowest BCUT2D eigenvalue weighted by Crippen LogP contribution is -2.28. The van der Waals surface area contributed by atoms with Gasteiger partial charge >= 0.3 is 5.97 Å². The molecule has 3 nitrogen and oxygen atoms in total. The summed E-state index contributed by atoms with van der Waals surface area (Å²) in [6.45, 7) is 4.94. The number of aliphatic carboxylic acids is 1. The van der Waals surface area contributed by atoms with Crippen molar-refractivity contribution in [1.82, 2.24) is 0 Å². The molecule has 2 atom stereocenters. The van der Waals surface area contributed by atoms with Crippen LogP contribution in [-0.4, -0.2) is 23.8 Å². The zero-order chi connectivity index (χ0) is 12.0. The molecule has 1 saturated carbocycles. The monoisotopic (exact) mass is 228 g/mol. The first-order chi connectivity index (χ1) is 7.69. The predicted molar refractivity (Wildman–Crippen MR) is 63.4 cm³/mol. The molecule has 0 bridgehead atoms. The summed E-state index contributed by atoms with van der Waals surface area (Å²) >= 11 is 0. The van der Waals surface area contributed by atoms with Gasteiger partial charge < -0.3 is 9.84 Å². The zero-order valence-corrected chi connectivity index (χ0v) is 10.4. The first-order valence-electron chi connectivity index (χ1n) is 6.53. The second kappa shape index (κ2) is 6.89. The molecule has 3 heteroatoms. The Hall–Kier alpha value is -0.570. The number of hydrogen-bond donors (Lipinski definition) is 1. The summed E-state index contributed by atoms with van der Waals surface area (Å²) in [4.78, 5) is 11.0. The second-order valence-electron chi connectivity index (χ2n) is 4.85. The van der Waals surface area contributed by atoms with E-state index in [9.17, 15) is 4.79 Å². The molecule has 1 N–H and O–H groups in total. The van der Waals surface area contributed by atoms with Gasteiger partial charge in [0.25, 0.3) is 0 Å². The Morgan fingerprint density at radius 3 is 2.56 bits per heavy atom. The molecule has 0 saturated heterocycles. The molecule has 94 valence electrons. The van der Waals surface area contributed by atoms with Crippen LogP contribution in [0, 0.1) is 11.8 Å². The normalized spacial score (nSPS) is 19.4. The van der Waals surface area contributed by atoms with E-state index in [1.807, 2.05) is 0 Å². The molecule has 16 heavy (non-hydrogen) atoms. The van der Waals surface area contributed by atoms with E-state index in [0.717, 1.165) is 25.7 Å². The standard InChI is InChI=1S/C13H24O3/c1-3-5-6-10(4-2)9-16-12(13(14)15)11-7-8-11/h10-12H,3-9H2,1-2H3,(H,14,15). The Morgan fingerprint density at radius 1 is 1.44 bits per heavy atom. The van der Waals surface area contributed by atoms with Gasteiger partial charge in [-0.05, 0) is 31.1 Å². The minimum atomic E-state index is -0.784. The minimum Gasteiger partial charge on any atom is -0.479 e. The van der Waals surface area contributed by atoms with E-state index in [2.05, 4.69) is 13.8 Å². The van der Waals surface area contributed by atoms with Crippen molar-refractivity contribution in [3.63, 3.8) is 0 Å². The molecule has 2 unspecified atom stereocenters. The van der Waals surface area contributed by atoms with Gasteiger partial charge in [0, 0.05) is 0 Å². The summed E-state index contributed by atoms with van der Waals surface area (Å²) in [5.74, 6) is 0.0228. The molecular formula is C13H24O3. The van der Waals surface area contributed by atoms with Gasteiger partial charge in [-0.25, -0.2) is 4.79 Å². The van der Waals surface area contributed by atoms with Crippen LogP contribution in [0.5, 0.6) is 0 Å². The molecule has 1 aliphatic carbocycles. The first-order valence-corrected chi connectivity index (χ1v) is 6.53. The van der Waals surface area contributed by atoms with E-state index in [-0.39, 0.29) is 5.92 Å². The highest BCUT2D eigenvalue weighted by molar-refractivity contribution is 5.73. The quantitative estimate of drug-likeness (QED) is 0.659. The van der Waals surface area contributed by atoms with Crippen LogP contribution < -0.4 is 0 Å². The van der Waals surface area contributed by atoms with Gasteiger partial charge in [0.1, 0.15) is 0 Å².